The number of hydrogen-bond donors (Lipinski definition) is 1. The fourth-order valence-corrected chi connectivity index (χ4v) is 2.20. The molecule has 0 aliphatic carbocycles. The lowest BCUT2D eigenvalue weighted by molar-refractivity contribution is -0.122. The van der Waals surface area contributed by atoms with Crippen LogP contribution in [0.15, 0.2) is 24.3 Å². The van der Waals surface area contributed by atoms with Gasteiger partial charge in [0.1, 0.15) is 0 Å². The molecule has 1 N–H and O–H groups in total. The number of carbonyl (C=O) groups is 1. The monoisotopic (exact) mass is 275 g/mol. The van der Waals surface area contributed by atoms with Crippen molar-refractivity contribution in [3.63, 3.8) is 0 Å². The Morgan fingerprint density at radius 1 is 1.00 bits per heavy atom. The van der Waals surface area contributed by atoms with Gasteiger partial charge in [0.15, 0.2) is 0 Å². The summed E-state index contributed by atoms with van der Waals surface area (Å²) in [6.45, 7) is 11.5. The minimum atomic E-state index is -0.0738. The maximum Gasteiger partial charge on any atom is 0.227 e. The third-order valence-electron chi connectivity index (χ3n) is 3.54. The molecular formula is C18H29NO. The van der Waals surface area contributed by atoms with Gasteiger partial charge in [-0.05, 0) is 42.7 Å². The molecule has 0 unspecified atom stereocenters. The van der Waals surface area contributed by atoms with Gasteiger partial charge in [-0.25, -0.2) is 0 Å². The zero-order valence-corrected chi connectivity index (χ0v) is 13.6. The van der Waals surface area contributed by atoms with Crippen molar-refractivity contribution in [1.29, 1.82) is 0 Å². The number of nitrogens with one attached hydrogen (secondary N) is 1. The Balaban J connectivity index is 2.53. The van der Waals surface area contributed by atoms with E-state index in [1.165, 1.54) is 5.56 Å². The first-order chi connectivity index (χ1) is 9.40. The second-order valence-corrected chi connectivity index (χ2v) is 6.53. The van der Waals surface area contributed by atoms with Crippen LogP contribution >= 0.6 is 0 Å². The van der Waals surface area contributed by atoms with Crippen LogP contribution in [-0.4, -0.2) is 12.5 Å². The third kappa shape index (κ3) is 5.77. The van der Waals surface area contributed by atoms with Crippen LogP contribution in [0.4, 0.5) is 0 Å². The summed E-state index contributed by atoms with van der Waals surface area (Å²) in [4.78, 5) is 12.1. The summed E-state index contributed by atoms with van der Waals surface area (Å²) >= 11 is 0. The average molecular weight is 275 g/mol. The van der Waals surface area contributed by atoms with Crippen molar-refractivity contribution in [1.82, 2.24) is 5.32 Å². The highest BCUT2D eigenvalue weighted by atomic mass is 16.1. The zero-order chi connectivity index (χ0) is 15.1. The minimum Gasteiger partial charge on any atom is -0.356 e. The first kappa shape index (κ1) is 16.7. The quantitative estimate of drug-likeness (QED) is 0.795. The predicted molar refractivity (Wildman–Crippen MR) is 85.9 cm³/mol. The van der Waals surface area contributed by atoms with E-state index in [1.807, 2.05) is 6.92 Å². The predicted octanol–water partition coefficient (Wildman–Crippen LogP) is 4.15. The molecule has 0 bridgehead atoms. The van der Waals surface area contributed by atoms with Crippen LogP contribution in [0.5, 0.6) is 0 Å². The van der Waals surface area contributed by atoms with Crippen LogP contribution in [-0.2, 0) is 11.2 Å². The Labute approximate surface area is 124 Å². The van der Waals surface area contributed by atoms with Gasteiger partial charge in [0.2, 0.25) is 5.91 Å². The third-order valence-corrected chi connectivity index (χ3v) is 3.54. The van der Waals surface area contributed by atoms with E-state index in [0.29, 0.717) is 11.8 Å². The number of carbonyl (C=O) groups excluding carboxylic acids is 1. The maximum atomic E-state index is 12.1. The summed E-state index contributed by atoms with van der Waals surface area (Å²) in [5.74, 6) is 1.34. The molecule has 0 aliphatic heterocycles. The van der Waals surface area contributed by atoms with Gasteiger partial charge in [0.05, 0.1) is 5.92 Å². The summed E-state index contributed by atoms with van der Waals surface area (Å²) < 4.78 is 0. The van der Waals surface area contributed by atoms with E-state index >= 15 is 0 Å². The van der Waals surface area contributed by atoms with Crippen molar-refractivity contribution in [2.45, 2.75) is 53.4 Å². The first-order valence-corrected chi connectivity index (χ1v) is 7.76. The van der Waals surface area contributed by atoms with Crippen LogP contribution in [0.25, 0.3) is 0 Å². The van der Waals surface area contributed by atoms with E-state index in [4.69, 9.17) is 0 Å². The van der Waals surface area contributed by atoms with Gasteiger partial charge in [0.25, 0.3) is 0 Å². The Morgan fingerprint density at radius 3 is 2.10 bits per heavy atom. The standard InChI is InChI=1S/C18H29NO/c1-13(2)10-11-19-18(20)15(5)17-8-6-16(7-9-17)12-14(3)4/h6-9,13-15H,10-12H2,1-5H3,(H,19,20)/t15-/m1/s1. The Hall–Kier alpha value is -1.31. The van der Waals surface area contributed by atoms with Gasteiger partial charge in [0, 0.05) is 6.54 Å². The smallest absolute Gasteiger partial charge is 0.227 e. The zero-order valence-electron chi connectivity index (χ0n) is 13.6. The molecule has 1 amide bonds. The normalized spacial score (nSPS) is 12.8. The van der Waals surface area contributed by atoms with Crippen molar-refractivity contribution in [2.75, 3.05) is 6.54 Å². The second kappa shape index (κ2) is 8.08. The average Bonchev–Trinajstić information content (AvgIpc) is 2.37. The van der Waals surface area contributed by atoms with E-state index in [2.05, 4.69) is 57.3 Å². The molecule has 0 saturated heterocycles. The van der Waals surface area contributed by atoms with Crippen LogP contribution < -0.4 is 5.32 Å². The molecule has 0 fully saturated rings. The Bertz CT molecular complexity index is 406. The molecule has 112 valence electrons. The molecular weight excluding hydrogens is 246 g/mol. The minimum absolute atomic E-state index is 0.0738. The SMILES string of the molecule is CC(C)CCNC(=O)[C@H](C)c1ccc(CC(C)C)cc1. The lowest BCUT2D eigenvalue weighted by atomic mass is 9.96. The van der Waals surface area contributed by atoms with E-state index in [0.717, 1.165) is 24.9 Å². The summed E-state index contributed by atoms with van der Waals surface area (Å²) in [7, 11) is 0. The van der Waals surface area contributed by atoms with Gasteiger partial charge in [-0.3, -0.25) is 4.79 Å². The highest BCUT2D eigenvalue weighted by Gasteiger charge is 2.14. The summed E-state index contributed by atoms with van der Waals surface area (Å²) in [6, 6.07) is 8.47. The molecule has 0 spiro atoms. The molecule has 1 atom stereocenters. The second-order valence-electron chi connectivity index (χ2n) is 6.53. The van der Waals surface area contributed by atoms with E-state index in [9.17, 15) is 4.79 Å². The lowest BCUT2D eigenvalue weighted by Crippen LogP contribution is -2.29. The van der Waals surface area contributed by atoms with Crippen LogP contribution in [0.3, 0.4) is 0 Å². The van der Waals surface area contributed by atoms with Crippen LogP contribution in [0, 0.1) is 11.8 Å². The number of rotatable bonds is 7. The fraction of sp³-hybridized carbons (Fsp3) is 0.611. The molecule has 0 aliphatic rings. The molecule has 1 aromatic rings. The van der Waals surface area contributed by atoms with Gasteiger partial charge in [-0.15, -0.1) is 0 Å². The summed E-state index contributed by atoms with van der Waals surface area (Å²) in [5, 5.41) is 3.02. The molecule has 1 aromatic carbocycles. The van der Waals surface area contributed by atoms with Crippen molar-refractivity contribution in [2.24, 2.45) is 11.8 Å². The first-order valence-electron chi connectivity index (χ1n) is 7.76. The fourth-order valence-electron chi connectivity index (χ4n) is 2.20. The van der Waals surface area contributed by atoms with E-state index < -0.39 is 0 Å². The Kier molecular flexibility index (Phi) is 6.77. The van der Waals surface area contributed by atoms with E-state index in [-0.39, 0.29) is 11.8 Å². The highest BCUT2D eigenvalue weighted by Crippen LogP contribution is 2.17. The molecule has 2 heteroatoms. The largest absolute Gasteiger partial charge is 0.356 e. The number of amides is 1. The van der Waals surface area contributed by atoms with Gasteiger partial charge < -0.3 is 5.32 Å². The molecule has 0 saturated carbocycles. The van der Waals surface area contributed by atoms with Gasteiger partial charge in [-0.2, -0.15) is 0 Å². The lowest BCUT2D eigenvalue weighted by Gasteiger charge is -2.14. The van der Waals surface area contributed by atoms with Crippen molar-refractivity contribution in [3.8, 4) is 0 Å². The number of benzene rings is 1. The molecule has 0 radical (unpaired) electrons. The Morgan fingerprint density at radius 2 is 1.60 bits per heavy atom. The molecule has 1 rings (SSSR count). The summed E-state index contributed by atoms with van der Waals surface area (Å²) in [5.41, 5.74) is 2.44. The van der Waals surface area contributed by atoms with Crippen molar-refractivity contribution >= 4 is 5.91 Å². The van der Waals surface area contributed by atoms with Crippen molar-refractivity contribution in [3.05, 3.63) is 35.4 Å². The van der Waals surface area contributed by atoms with E-state index in [1.54, 1.807) is 0 Å². The maximum absolute atomic E-state index is 12.1. The number of hydrogen-bond acceptors (Lipinski definition) is 1. The molecule has 0 aromatic heterocycles. The summed E-state index contributed by atoms with van der Waals surface area (Å²) in [6.07, 6.45) is 2.13. The van der Waals surface area contributed by atoms with Gasteiger partial charge >= 0.3 is 0 Å². The molecule has 2 nitrogen and oxygen atoms in total. The molecule has 0 heterocycles. The van der Waals surface area contributed by atoms with Gasteiger partial charge in [-0.1, -0.05) is 52.0 Å². The highest BCUT2D eigenvalue weighted by molar-refractivity contribution is 5.83. The topological polar surface area (TPSA) is 29.1 Å². The van der Waals surface area contributed by atoms with Crippen molar-refractivity contribution < 1.29 is 4.79 Å². The van der Waals surface area contributed by atoms with Crippen LogP contribution in [0.1, 0.15) is 58.1 Å². The van der Waals surface area contributed by atoms with Crippen LogP contribution in [0.2, 0.25) is 0 Å². The molecule has 20 heavy (non-hydrogen) atoms.